The SMILES string of the molecule is [CH2]CCN(CCN)Cc1ccccc1. The van der Waals surface area contributed by atoms with E-state index in [1.54, 1.807) is 0 Å². The number of hydrogen-bond acceptors (Lipinski definition) is 2. The van der Waals surface area contributed by atoms with Crippen molar-refractivity contribution < 1.29 is 0 Å². The van der Waals surface area contributed by atoms with E-state index in [1.165, 1.54) is 5.56 Å². The number of nitrogens with zero attached hydrogens (tertiary/aromatic N) is 1. The van der Waals surface area contributed by atoms with Crippen LogP contribution >= 0.6 is 0 Å². The summed E-state index contributed by atoms with van der Waals surface area (Å²) >= 11 is 0. The maximum Gasteiger partial charge on any atom is 0.0234 e. The molecule has 0 atom stereocenters. The third-order valence-electron chi connectivity index (χ3n) is 2.17. The predicted molar refractivity (Wildman–Crippen MR) is 60.7 cm³/mol. The molecule has 2 heteroatoms. The van der Waals surface area contributed by atoms with Crippen molar-refractivity contribution in [2.45, 2.75) is 13.0 Å². The summed E-state index contributed by atoms with van der Waals surface area (Å²) in [5.74, 6) is 0. The van der Waals surface area contributed by atoms with Crippen LogP contribution in [0.2, 0.25) is 0 Å². The first kappa shape index (κ1) is 11.2. The van der Waals surface area contributed by atoms with Gasteiger partial charge in [0.1, 0.15) is 0 Å². The molecular weight excluding hydrogens is 172 g/mol. The Hall–Kier alpha value is -0.860. The second kappa shape index (κ2) is 6.57. The van der Waals surface area contributed by atoms with E-state index < -0.39 is 0 Å². The Labute approximate surface area is 86.7 Å². The van der Waals surface area contributed by atoms with Crippen molar-refractivity contribution in [3.63, 3.8) is 0 Å². The molecule has 0 aromatic heterocycles. The minimum absolute atomic E-state index is 0.715. The summed E-state index contributed by atoms with van der Waals surface area (Å²) in [6.07, 6.45) is 0.937. The number of nitrogens with two attached hydrogens (primary N) is 1. The van der Waals surface area contributed by atoms with E-state index in [-0.39, 0.29) is 0 Å². The lowest BCUT2D eigenvalue weighted by molar-refractivity contribution is 0.278. The fourth-order valence-corrected chi connectivity index (χ4v) is 1.52. The van der Waals surface area contributed by atoms with E-state index >= 15 is 0 Å². The summed E-state index contributed by atoms with van der Waals surface area (Å²) in [6, 6.07) is 10.5. The molecule has 0 unspecified atom stereocenters. The van der Waals surface area contributed by atoms with Crippen LogP contribution in [0.1, 0.15) is 12.0 Å². The topological polar surface area (TPSA) is 29.3 Å². The highest BCUT2D eigenvalue weighted by Crippen LogP contribution is 2.04. The molecule has 0 fully saturated rings. The van der Waals surface area contributed by atoms with Crippen molar-refractivity contribution in [3.8, 4) is 0 Å². The molecule has 77 valence electrons. The van der Waals surface area contributed by atoms with E-state index in [2.05, 4.69) is 36.1 Å². The fourth-order valence-electron chi connectivity index (χ4n) is 1.52. The van der Waals surface area contributed by atoms with Gasteiger partial charge >= 0.3 is 0 Å². The molecule has 0 saturated heterocycles. The second-order valence-corrected chi connectivity index (χ2v) is 3.40. The van der Waals surface area contributed by atoms with Gasteiger partial charge < -0.3 is 5.73 Å². The van der Waals surface area contributed by atoms with Gasteiger partial charge in [-0.3, -0.25) is 4.90 Å². The molecule has 0 amide bonds. The van der Waals surface area contributed by atoms with Gasteiger partial charge in [-0.2, -0.15) is 0 Å². The Morgan fingerprint density at radius 1 is 1.14 bits per heavy atom. The van der Waals surface area contributed by atoms with Crippen LogP contribution < -0.4 is 5.73 Å². The lowest BCUT2D eigenvalue weighted by Crippen LogP contribution is -2.29. The van der Waals surface area contributed by atoms with E-state index in [4.69, 9.17) is 5.73 Å². The molecule has 0 bridgehead atoms. The van der Waals surface area contributed by atoms with Crippen LogP contribution in [0, 0.1) is 6.92 Å². The first-order chi connectivity index (χ1) is 6.86. The van der Waals surface area contributed by atoms with E-state index in [9.17, 15) is 0 Å². The lowest BCUT2D eigenvalue weighted by atomic mass is 10.2. The van der Waals surface area contributed by atoms with Gasteiger partial charge in [0.2, 0.25) is 0 Å². The van der Waals surface area contributed by atoms with Crippen LogP contribution in [0.4, 0.5) is 0 Å². The van der Waals surface area contributed by atoms with Gasteiger partial charge in [-0.25, -0.2) is 0 Å². The maximum atomic E-state index is 5.55. The van der Waals surface area contributed by atoms with Crippen LogP contribution in [0.15, 0.2) is 30.3 Å². The zero-order valence-electron chi connectivity index (χ0n) is 8.65. The average molecular weight is 191 g/mol. The van der Waals surface area contributed by atoms with Crippen LogP contribution in [0.25, 0.3) is 0 Å². The quantitative estimate of drug-likeness (QED) is 0.741. The van der Waals surface area contributed by atoms with E-state index in [0.717, 1.165) is 26.1 Å². The summed E-state index contributed by atoms with van der Waals surface area (Å²) in [6.45, 7) is 7.53. The smallest absolute Gasteiger partial charge is 0.0234 e. The van der Waals surface area contributed by atoms with Gasteiger partial charge in [-0.1, -0.05) is 37.3 Å². The average Bonchev–Trinajstić information content (AvgIpc) is 2.20. The molecule has 0 saturated carbocycles. The van der Waals surface area contributed by atoms with Gasteiger partial charge in [0.25, 0.3) is 0 Å². The molecule has 0 aliphatic heterocycles. The minimum Gasteiger partial charge on any atom is -0.329 e. The molecule has 1 aromatic rings. The fraction of sp³-hybridized carbons (Fsp3) is 0.417. The molecule has 14 heavy (non-hydrogen) atoms. The first-order valence-corrected chi connectivity index (χ1v) is 5.12. The van der Waals surface area contributed by atoms with Crippen molar-refractivity contribution in [2.75, 3.05) is 19.6 Å². The summed E-state index contributed by atoms with van der Waals surface area (Å²) in [5, 5.41) is 0. The third kappa shape index (κ3) is 3.90. The van der Waals surface area contributed by atoms with Gasteiger partial charge in [-0.15, -0.1) is 0 Å². The summed E-state index contributed by atoms with van der Waals surface area (Å²) < 4.78 is 0. The van der Waals surface area contributed by atoms with Gasteiger partial charge in [0.05, 0.1) is 0 Å². The Morgan fingerprint density at radius 2 is 1.86 bits per heavy atom. The summed E-state index contributed by atoms with van der Waals surface area (Å²) in [7, 11) is 0. The molecule has 2 N–H and O–H groups in total. The zero-order chi connectivity index (χ0) is 10.2. The molecule has 0 heterocycles. The van der Waals surface area contributed by atoms with Crippen molar-refractivity contribution in [1.82, 2.24) is 4.90 Å². The first-order valence-electron chi connectivity index (χ1n) is 5.12. The van der Waals surface area contributed by atoms with Crippen molar-refractivity contribution >= 4 is 0 Å². The van der Waals surface area contributed by atoms with E-state index in [1.807, 2.05) is 6.07 Å². The maximum absolute atomic E-state index is 5.55. The van der Waals surface area contributed by atoms with Crippen LogP contribution in [-0.4, -0.2) is 24.5 Å². The second-order valence-electron chi connectivity index (χ2n) is 3.40. The number of hydrogen-bond donors (Lipinski definition) is 1. The largest absolute Gasteiger partial charge is 0.329 e. The molecule has 1 radical (unpaired) electrons. The molecule has 2 nitrogen and oxygen atoms in total. The predicted octanol–water partition coefficient (Wildman–Crippen LogP) is 1.67. The highest BCUT2D eigenvalue weighted by Gasteiger charge is 2.02. The molecule has 0 aliphatic rings. The van der Waals surface area contributed by atoms with Gasteiger partial charge in [-0.05, 0) is 18.5 Å². The Balaban J connectivity index is 2.46. The highest BCUT2D eigenvalue weighted by atomic mass is 15.1. The summed E-state index contributed by atoms with van der Waals surface area (Å²) in [4.78, 5) is 2.34. The standard InChI is InChI=1S/C12H19N2/c1-2-9-14(10-8-13)11-12-6-4-3-5-7-12/h3-7H,1-2,8-11,13H2. The van der Waals surface area contributed by atoms with Gasteiger partial charge in [0.15, 0.2) is 0 Å². The highest BCUT2D eigenvalue weighted by molar-refractivity contribution is 5.14. The Morgan fingerprint density at radius 3 is 2.43 bits per heavy atom. The third-order valence-corrected chi connectivity index (χ3v) is 2.17. The monoisotopic (exact) mass is 191 g/mol. The van der Waals surface area contributed by atoms with Crippen molar-refractivity contribution in [1.29, 1.82) is 0 Å². The van der Waals surface area contributed by atoms with Crippen molar-refractivity contribution in [3.05, 3.63) is 42.8 Å². The molecule has 1 aromatic carbocycles. The molecular formula is C12H19N2. The normalized spacial score (nSPS) is 10.8. The van der Waals surface area contributed by atoms with E-state index in [0.29, 0.717) is 6.54 Å². The molecule has 0 spiro atoms. The van der Waals surface area contributed by atoms with Crippen molar-refractivity contribution in [2.24, 2.45) is 5.73 Å². The Bertz CT molecular complexity index is 227. The van der Waals surface area contributed by atoms with Crippen LogP contribution in [0.5, 0.6) is 0 Å². The van der Waals surface area contributed by atoms with Crippen LogP contribution in [0.3, 0.4) is 0 Å². The minimum atomic E-state index is 0.715. The lowest BCUT2D eigenvalue weighted by Gasteiger charge is -2.20. The molecule has 0 aliphatic carbocycles. The zero-order valence-corrected chi connectivity index (χ0v) is 8.65. The van der Waals surface area contributed by atoms with Crippen LogP contribution in [-0.2, 0) is 6.54 Å². The summed E-state index contributed by atoms with van der Waals surface area (Å²) in [5.41, 5.74) is 6.89. The number of benzene rings is 1. The van der Waals surface area contributed by atoms with Gasteiger partial charge in [0, 0.05) is 19.6 Å². The molecule has 1 rings (SSSR count). The Kier molecular flexibility index (Phi) is 5.27. The number of rotatable bonds is 6.